The third-order valence-electron chi connectivity index (χ3n) is 2.51. The Morgan fingerprint density at radius 1 is 1.59 bits per heavy atom. The molecule has 0 aliphatic carbocycles. The number of nitrogens with zero attached hydrogens (tertiary/aromatic N) is 1. The molecule has 5 heteroatoms. The molecule has 1 N–H and O–H groups in total. The van der Waals surface area contributed by atoms with Crippen LogP contribution in [0.3, 0.4) is 0 Å². The van der Waals surface area contributed by atoms with Crippen LogP contribution in [0.15, 0.2) is 10.9 Å². The van der Waals surface area contributed by atoms with E-state index in [-0.39, 0.29) is 11.3 Å². The summed E-state index contributed by atoms with van der Waals surface area (Å²) in [6.45, 7) is 3.63. The minimum atomic E-state index is -0.627. The minimum Gasteiger partial charge on any atom is -0.324 e. The second-order valence-corrected chi connectivity index (χ2v) is 4.14. The molecule has 0 amide bonds. The van der Waals surface area contributed by atoms with Gasteiger partial charge in [0, 0.05) is 11.3 Å². The van der Waals surface area contributed by atoms with E-state index < -0.39 is 10.9 Å². The summed E-state index contributed by atoms with van der Waals surface area (Å²) in [5.74, 6) is -0.251. The third kappa shape index (κ3) is 2.75. The summed E-state index contributed by atoms with van der Waals surface area (Å²) >= 11 is 5.89. The van der Waals surface area contributed by atoms with Crippen molar-refractivity contribution in [3.8, 4) is 6.07 Å². The van der Waals surface area contributed by atoms with Gasteiger partial charge in [-0.2, -0.15) is 5.26 Å². The first-order valence-electron chi connectivity index (χ1n) is 5.39. The number of ketones is 1. The molecule has 1 aromatic heterocycles. The normalized spacial score (nSPS) is 11.9. The number of hydrogen-bond donors (Lipinski definition) is 1. The van der Waals surface area contributed by atoms with Gasteiger partial charge in [0.1, 0.15) is 11.6 Å². The molecule has 0 spiro atoms. The number of H-pyrrole nitrogens is 1. The van der Waals surface area contributed by atoms with Crippen LogP contribution in [0.5, 0.6) is 0 Å². The SMILES string of the molecule is CCc1[nH]c(=O)c(C#N)cc1C(=O)C(Cl)CC. The smallest absolute Gasteiger partial charge is 0.266 e. The van der Waals surface area contributed by atoms with Crippen LogP contribution in [0, 0.1) is 11.3 Å². The van der Waals surface area contributed by atoms with Crippen molar-refractivity contribution in [3.05, 3.63) is 33.2 Å². The first-order chi connectivity index (χ1) is 8.04. The van der Waals surface area contributed by atoms with Crippen molar-refractivity contribution >= 4 is 17.4 Å². The molecular formula is C12H13ClN2O2. The number of carbonyl (C=O) groups is 1. The van der Waals surface area contributed by atoms with Gasteiger partial charge in [-0.1, -0.05) is 13.8 Å². The first-order valence-corrected chi connectivity index (χ1v) is 5.83. The monoisotopic (exact) mass is 252 g/mol. The van der Waals surface area contributed by atoms with Crippen LogP contribution in [-0.4, -0.2) is 16.1 Å². The van der Waals surface area contributed by atoms with E-state index in [9.17, 15) is 9.59 Å². The Bertz CT molecular complexity index is 528. The average Bonchev–Trinajstić information content (AvgIpc) is 2.36. The van der Waals surface area contributed by atoms with Gasteiger partial charge in [0.05, 0.1) is 5.38 Å². The number of aromatic nitrogens is 1. The van der Waals surface area contributed by atoms with Crippen LogP contribution in [0.1, 0.15) is 41.9 Å². The van der Waals surface area contributed by atoms with Gasteiger partial charge >= 0.3 is 0 Å². The zero-order valence-electron chi connectivity index (χ0n) is 9.71. The summed E-state index contributed by atoms with van der Waals surface area (Å²) in [6.07, 6.45) is 1.01. The minimum absolute atomic E-state index is 0.0643. The summed E-state index contributed by atoms with van der Waals surface area (Å²) in [4.78, 5) is 25.9. The predicted molar refractivity (Wildman–Crippen MR) is 65.4 cm³/mol. The Labute approximate surface area is 104 Å². The third-order valence-corrected chi connectivity index (χ3v) is 3.01. The first kappa shape index (κ1) is 13.5. The van der Waals surface area contributed by atoms with Crippen molar-refractivity contribution in [2.75, 3.05) is 0 Å². The zero-order chi connectivity index (χ0) is 13.0. The van der Waals surface area contributed by atoms with Crippen LogP contribution in [-0.2, 0) is 6.42 Å². The molecule has 1 atom stereocenters. The molecule has 1 aromatic rings. The summed E-state index contributed by atoms with van der Waals surface area (Å²) < 4.78 is 0. The molecule has 1 heterocycles. The predicted octanol–water partition coefficient (Wildman–Crippen LogP) is 2.01. The number of Topliss-reactive ketones (excluding diaryl/α,β-unsaturated/α-hetero) is 1. The maximum Gasteiger partial charge on any atom is 0.266 e. The van der Waals surface area contributed by atoms with Crippen LogP contribution in [0.2, 0.25) is 0 Å². The van der Waals surface area contributed by atoms with E-state index in [1.807, 2.05) is 6.92 Å². The topological polar surface area (TPSA) is 73.7 Å². The van der Waals surface area contributed by atoms with E-state index in [4.69, 9.17) is 16.9 Å². The molecule has 0 bridgehead atoms. The summed E-state index contributed by atoms with van der Waals surface area (Å²) in [6, 6.07) is 3.08. The van der Waals surface area contributed by atoms with E-state index in [0.717, 1.165) is 0 Å². The number of pyridine rings is 1. The number of aromatic amines is 1. The van der Waals surface area contributed by atoms with Crippen LogP contribution < -0.4 is 5.56 Å². The van der Waals surface area contributed by atoms with E-state index in [1.165, 1.54) is 6.07 Å². The largest absolute Gasteiger partial charge is 0.324 e. The molecule has 0 saturated heterocycles. The lowest BCUT2D eigenvalue weighted by Crippen LogP contribution is -2.21. The standard InChI is InChI=1S/C12H13ClN2O2/c1-3-9(13)11(16)8-5-7(6-14)12(17)15-10(8)4-2/h5,9H,3-4H2,1-2H3,(H,15,17). The molecular weight excluding hydrogens is 240 g/mol. The maximum atomic E-state index is 12.0. The molecule has 0 radical (unpaired) electrons. The Kier molecular flexibility index (Phi) is 4.47. The fourth-order valence-corrected chi connectivity index (χ4v) is 1.62. The Balaban J connectivity index is 3.37. The fraction of sp³-hybridized carbons (Fsp3) is 0.417. The maximum absolute atomic E-state index is 12.0. The number of aryl methyl sites for hydroxylation is 1. The molecule has 1 unspecified atom stereocenters. The van der Waals surface area contributed by atoms with Crippen molar-refractivity contribution < 1.29 is 4.79 Å². The summed E-state index contributed by atoms with van der Waals surface area (Å²) in [5.41, 5.74) is 0.331. The average molecular weight is 253 g/mol. The molecule has 0 fully saturated rings. The summed E-state index contributed by atoms with van der Waals surface area (Å²) in [7, 11) is 0. The fourth-order valence-electron chi connectivity index (χ4n) is 1.50. The number of halogens is 1. The van der Waals surface area contributed by atoms with Crippen LogP contribution >= 0.6 is 11.6 Å². The number of carbonyl (C=O) groups excluding carboxylic acids is 1. The van der Waals surface area contributed by atoms with E-state index in [2.05, 4.69) is 4.98 Å². The van der Waals surface area contributed by atoms with Gasteiger partial charge in [-0.3, -0.25) is 9.59 Å². The molecule has 0 aromatic carbocycles. The molecule has 17 heavy (non-hydrogen) atoms. The van der Waals surface area contributed by atoms with E-state index >= 15 is 0 Å². The Morgan fingerprint density at radius 3 is 2.71 bits per heavy atom. The zero-order valence-corrected chi connectivity index (χ0v) is 10.5. The highest BCUT2D eigenvalue weighted by molar-refractivity contribution is 6.34. The molecule has 1 rings (SSSR count). The van der Waals surface area contributed by atoms with Crippen molar-refractivity contribution in [2.45, 2.75) is 32.1 Å². The van der Waals surface area contributed by atoms with Gasteiger partial charge in [-0.15, -0.1) is 11.6 Å². The van der Waals surface area contributed by atoms with Gasteiger partial charge in [-0.05, 0) is 18.9 Å². The molecule has 0 aliphatic heterocycles. The van der Waals surface area contributed by atoms with Gasteiger partial charge in [-0.25, -0.2) is 0 Å². The lowest BCUT2D eigenvalue weighted by Gasteiger charge is -2.09. The van der Waals surface area contributed by atoms with Gasteiger partial charge < -0.3 is 4.98 Å². The number of nitriles is 1. The number of nitrogens with one attached hydrogen (secondary N) is 1. The number of alkyl halides is 1. The quantitative estimate of drug-likeness (QED) is 0.658. The molecule has 0 saturated carbocycles. The van der Waals surface area contributed by atoms with Crippen LogP contribution in [0.4, 0.5) is 0 Å². The molecule has 4 nitrogen and oxygen atoms in total. The van der Waals surface area contributed by atoms with Gasteiger partial charge in [0.15, 0.2) is 5.78 Å². The Hall–Kier alpha value is -1.60. The van der Waals surface area contributed by atoms with E-state index in [0.29, 0.717) is 24.1 Å². The highest BCUT2D eigenvalue weighted by Crippen LogP contribution is 2.15. The van der Waals surface area contributed by atoms with E-state index in [1.54, 1.807) is 13.0 Å². The van der Waals surface area contributed by atoms with Crippen molar-refractivity contribution in [1.29, 1.82) is 5.26 Å². The highest BCUT2D eigenvalue weighted by Gasteiger charge is 2.20. The lowest BCUT2D eigenvalue weighted by molar-refractivity contribution is 0.0984. The molecule has 0 aliphatic rings. The number of hydrogen-bond acceptors (Lipinski definition) is 3. The van der Waals surface area contributed by atoms with Crippen LogP contribution in [0.25, 0.3) is 0 Å². The van der Waals surface area contributed by atoms with Gasteiger partial charge in [0.2, 0.25) is 0 Å². The second kappa shape index (κ2) is 5.65. The van der Waals surface area contributed by atoms with Crippen molar-refractivity contribution in [2.24, 2.45) is 0 Å². The molecule has 90 valence electrons. The van der Waals surface area contributed by atoms with Gasteiger partial charge in [0.25, 0.3) is 5.56 Å². The highest BCUT2D eigenvalue weighted by atomic mass is 35.5. The number of rotatable bonds is 4. The summed E-state index contributed by atoms with van der Waals surface area (Å²) in [5, 5.41) is 8.14. The Morgan fingerprint density at radius 2 is 2.24 bits per heavy atom. The van der Waals surface area contributed by atoms with Crippen molar-refractivity contribution in [1.82, 2.24) is 4.98 Å². The van der Waals surface area contributed by atoms with Crippen molar-refractivity contribution in [3.63, 3.8) is 0 Å². The second-order valence-electron chi connectivity index (χ2n) is 3.61. The lowest BCUT2D eigenvalue weighted by atomic mass is 10.0.